The Morgan fingerprint density at radius 1 is 1.15 bits per heavy atom. The maximum Gasteiger partial charge on any atom is 0.251 e. The number of nitrogens with one attached hydrogen (secondary N) is 1. The Labute approximate surface area is 154 Å². The third-order valence-corrected chi connectivity index (χ3v) is 6.43. The zero-order valence-corrected chi connectivity index (χ0v) is 16.1. The van der Waals surface area contributed by atoms with E-state index in [1.165, 1.54) is 43.3 Å². The number of amides is 2. The average molecular weight is 381 g/mol. The van der Waals surface area contributed by atoms with Crippen LogP contribution in [0.5, 0.6) is 0 Å². The van der Waals surface area contributed by atoms with Gasteiger partial charge in [-0.25, -0.2) is 8.42 Å². The Morgan fingerprint density at radius 3 is 2.35 bits per heavy atom. The summed E-state index contributed by atoms with van der Waals surface area (Å²) in [5, 5.41) is 3.01. The van der Waals surface area contributed by atoms with Crippen molar-refractivity contribution < 1.29 is 18.0 Å². The molecule has 7 nitrogen and oxygen atoms in total. The van der Waals surface area contributed by atoms with Gasteiger partial charge in [-0.2, -0.15) is 0 Å². The minimum atomic E-state index is -3.73. The van der Waals surface area contributed by atoms with E-state index in [2.05, 4.69) is 5.32 Å². The summed E-state index contributed by atoms with van der Waals surface area (Å²) in [6.07, 6.45) is 4.12. The number of hydrogen-bond acceptors (Lipinski definition) is 5. The van der Waals surface area contributed by atoms with Crippen LogP contribution in [0.25, 0.3) is 0 Å². The van der Waals surface area contributed by atoms with Crippen molar-refractivity contribution in [2.45, 2.75) is 36.6 Å². The van der Waals surface area contributed by atoms with Crippen LogP contribution in [0.2, 0.25) is 0 Å². The fourth-order valence-electron chi connectivity index (χ4n) is 3.12. The molecule has 26 heavy (non-hydrogen) atoms. The number of nitrogens with zero attached hydrogens (tertiary/aromatic N) is 1. The predicted molar refractivity (Wildman–Crippen MR) is 99.5 cm³/mol. The van der Waals surface area contributed by atoms with Crippen LogP contribution in [-0.2, 0) is 14.6 Å². The van der Waals surface area contributed by atoms with Crippen molar-refractivity contribution in [3.63, 3.8) is 0 Å². The molecule has 0 spiro atoms. The molecule has 1 aromatic carbocycles. The second kappa shape index (κ2) is 8.64. The van der Waals surface area contributed by atoms with Gasteiger partial charge in [0.2, 0.25) is 5.91 Å². The van der Waals surface area contributed by atoms with E-state index in [0.29, 0.717) is 12.1 Å². The Bertz CT molecular complexity index is 744. The maximum absolute atomic E-state index is 12.4. The number of sulfone groups is 1. The molecule has 2 unspecified atom stereocenters. The van der Waals surface area contributed by atoms with E-state index in [4.69, 9.17) is 5.73 Å². The quantitative estimate of drug-likeness (QED) is 0.757. The Kier molecular flexibility index (Phi) is 6.77. The highest BCUT2D eigenvalue weighted by molar-refractivity contribution is 7.92. The zero-order chi connectivity index (χ0) is 19.3. The third-order valence-electron chi connectivity index (χ3n) is 4.82. The standard InChI is InChI=1S/C18H27N3O4S/c1-21(2)17(22)12-26(24,25)15-9-7-13(8-10-15)18(23)20-16-6-4-3-5-14(16)11-19/h7-10,14,16H,3-6,11-12,19H2,1-2H3,(H,20,23). The van der Waals surface area contributed by atoms with Gasteiger partial charge in [-0.1, -0.05) is 12.8 Å². The monoisotopic (exact) mass is 381 g/mol. The zero-order valence-electron chi connectivity index (χ0n) is 15.3. The first-order chi connectivity index (χ1) is 12.2. The van der Waals surface area contributed by atoms with Gasteiger partial charge in [-0.15, -0.1) is 0 Å². The van der Waals surface area contributed by atoms with E-state index in [-0.39, 0.29) is 22.8 Å². The molecule has 0 saturated heterocycles. The van der Waals surface area contributed by atoms with Crippen LogP contribution in [0.1, 0.15) is 36.0 Å². The first-order valence-electron chi connectivity index (χ1n) is 8.78. The summed E-state index contributed by atoms with van der Waals surface area (Å²) in [7, 11) is -0.716. The highest BCUT2D eigenvalue weighted by Crippen LogP contribution is 2.24. The molecule has 1 saturated carbocycles. The predicted octanol–water partition coefficient (Wildman–Crippen LogP) is 0.796. The fraction of sp³-hybridized carbons (Fsp3) is 0.556. The normalized spacial score (nSPS) is 20.4. The molecular weight excluding hydrogens is 354 g/mol. The van der Waals surface area contributed by atoms with Gasteiger partial charge >= 0.3 is 0 Å². The van der Waals surface area contributed by atoms with Gasteiger partial charge in [-0.3, -0.25) is 9.59 Å². The maximum atomic E-state index is 12.4. The van der Waals surface area contributed by atoms with Crippen molar-refractivity contribution in [1.82, 2.24) is 10.2 Å². The molecule has 0 bridgehead atoms. The lowest BCUT2D eigenvalue weighted by Crippen LogP contribution is -2.44. The van der Waals surface area contributed by atoms with E-state index in [9.17, 15) is 18.0 Å². The highest BCUT2D eigenvalue weighted by Gasteiger charge is 2.26. The van der Waals surface area contributed by atoms with Crippen molar-refractivity contribution in [3.8, 4) is 0 Å². The highest BCUT2D eigenvalue weighted by atomic mass is 32.2. The van der Waals surface area contributed by atoms with Crippen LogP contribution in [-0.4, -0.2) is 57.6 Å². The van der Waals surface area contributed by atoms with Crippen molar-refractivity contribution in [2.75, 3.05) is 26.4 Å². The summed E-state index contributed by atoms with van der Waals surface area (Å²) in [5.41, 5.74) is 6.18. The first-order valence-corrected chi connectivity index (χ1v) is 10.4. The molecular formula is C18H27N3O4S. The largest absolute Gasteiger partial charge is 0.349 e. The summed E-state index contributed by atoms with van der Waals surface area (Å²) in [6.45, 7) is 0.544. The summed E-state index contributed by atoms with van der Waals surface area (Å²) in [4.78, 5) is 25.4. The molecule has 3 N–H and O–H groups in total. The van der Waals surface area contributed by atoms with E-state index >= 15 is 0 Å². The van der Waals surface area contributed by atoms with Gasteiger partial charge in [0.15, 0.2) is 9.84 Å². The molecule has 2 amide bonds. The lowest BCUT2D eigenvalue weighted by Gasteiger charge is -2.31. The van der Waals surface area contributed by atoms with Crippen LogP contribution in [0.3, 0.4) is 0 Å². The molecule has 1 fully saturated rings. The first kappa shape index (κ1) is 20.4. The fourth-order valence-corrected chi connectivity index (χ4v) is 4.42. The van der Waals surface area contributed by atoms with Crippen molar-refractivity contribution >= 4 is 21.7 Å². The second-order valence-corrected chi connectivity index (χ2v) is 8.92. The van der Waals surface area contributed by atoms with E-state index in [1.807, 2.05) is 0 Å². The molecule has 144 valence electrons. The molecule has 8 heteroatoms. The van der Waals surface area contributed by atoms with Gasteiger partial charge in [-0.05, 0) is 49.6 Å². The summed E-state index contributed by atoms with van der Waals surface area (Å²) < 4.78 is 24.5. The molecule has 2 rings (SSSR count). The summed E-state index contributed by atoms with van der Waals surface area (Å²) >= 11 is 0. The van der Waals surface area contributed by atoms with Gasteiger partial charge in [0.25, 0.3) is 5.91 Å². The van der Waals surface area contributed by atoms with Crippen LogP contribution >= 0.6 is 0 Å². The van der Waals surface area contributed by atoms with Crippen LogP contribution in [0.15, 0.2) is 29.2 Å². The molecule has 1 aliphatic carbocycles. The van der Waals surface area contributed by atoms with Crippen LogP contribution in [0, 0.1) is 5.92 Å². The molecule has 0 aliphatic heterocycles. The molecule has 2 atom stereocenters. The SMILES string of the molecule is CN(C)C(=O)CS(=O)(=O)c1ccc(C(=O)NC2CCCCC2CN)cc1. The summed E-state index contributed by atoms with van der Waals surface area (Å²) in [5.74, 6) is -1.03. The van der Waals surface area contributed by atoms with E-state index < -0.39 is 21.5 Å². The molecule has 0 heterocycles. The van der Waals surface area contributed by atoms with Crippen molar-refractivity contribution in [2.24, 2.45) is 11.7 Å². The Morgan fingerprint density at radius 2 is 1.77 bits per heavy atom. The Balaban J connectivity index is 2.06. The number of carbonyl (C=O) groups is 2. The Hall–Kier alpha value is -1.93. The number of carbonyl (C=O) groups excluding carboxylic acids is 2. The third kappa shape index (κ3) is 5.04. The van der Waals surface area contributed by atoms with Gasteiger partial charge in [0, 0.05) is 25.7 Å². The van der Waals surface area contributed by atoms with Crippen molar-refractivity contribution in [1.29, 1.82) is 0 Å². The lowest BCUT2D eigenvalue weighted by molar-refractivity contribution is -0.125. The average Bonchev–Trinajstić information content (AvgIpc) is 2.61. The molecule has 0 aromatic heterocycles. The minimum Gasteiger partial charge on any atom is -0.349 e. The number of benzene rings is 1. The van der Waals surface area contributed by atoms with E-state index in [0.717, 1.165) is 25.7 Å². The topological polar surface area (TPSA) is 110 Å². The molecule has 1 aromatic rings. The van der Waals surface area contributed by atoms with Crippen LogP contribution in [0.4, 0.5) is 0 Å². The summed E-state index contributed by atoms with van der Waals surface area (Å²) in [6, 6.07) is 5.75. The van der Waals surface area contributed by atoms with Gasteiger partial charge in [0.1, 0.15) is 5.75 Å². The lowest BCUT2D eigenvalue weighted by atomic mass is 9.84. The smallest absolute Gasteiger partial charge is 0.251 e. The second-order valence-electron chi connectivity index (χ2n) is 6.93. The number of rotatable bonds is 6. The van der Waals surface area contributed by atoms with Crippen LogP contribution < -0.4 is 11.1 Å². The molecule has 0 radical (unpaired) electrons. The number of hydrogen-bond donors (Lipinski definition) is 2. The van der Waals surface area contributed by atoms with Gasteiger partial charge < -0.3 is 16.0 Å². The number of nitrogens with two attached hydrogens (primary N) is 1. The molecule has 1 aliphatic rings. The minimum absolute atomic E-state index is 0.0294. The van der Waals surface area contributed by atoms with Crippen molar-refractivity contribution in [3.05, 3.63) is 29.8 Å². The van der Waals surface area contributed by atoms with Gasteiger partial charge in [0.05, 0.1) is 4.90 Å². The van der Waals surface area contributed by atoms with E-state index in [1.54, 1.807) is 0 Å².